The Labute approximate surface area is 865 Å². The van der Waals surface area contributed by atoms with Crippen molar-refractivity contribution in [3.8, 4) is 98.8 Å². The summed E-state index contributed by atoms with van der Waals surface area (Å²) in [5.74, 6) is 1.48. The van der Waals surface area contributed by atoms with Gasteiger partial charge in [0.25, 0.3) is 0 Å². The third-order valence-corrected chi connectivity index (χ3v) is 34.6. The fourth-order valence-corrected chi connectivity index (χ4v) is 27.7. The van der Waals surface area contributed by atoms with Crippen molar-refractivity contribution in [2.24, 2.45) is 0 Å². The van der Waals surface area contributed by atoms with Crippen molar-refractivity contribution in [1.29, 1.82) is 0 Å². The number of rotatable bonds is 12. The zero-order valence-corrected chi connectivity index (χ0v) is 83.9. The molecule has 0 amide bonds. The molecule has 30 heteroatoms. The summed E-state index contributed by atoms with van der Waals surface area (Å²) in [7, 11) is 0. The molecule has 0 saturated heterocycles. The van der Waals surface area contributed by atoms with Crippen molar-refractivity contribution in [3.05, 3.63) is 398 Å². The van der Waals surface area contributed by atoms with Crippen LogP contribution in [0.25, 0.3) is 243 Å². The lowest BCUT2D eigenvalue weighted by Crippen LogP contribution is -1.92. The predicted molar refractivity (Wildman–Crippen MR) is 608 cm³/mol. The Hall–Kier alpha value is -17.4. The van der Waals surface area contributed by atoms with Crippen LogP contribution in [-0.4, -0.2) is 84.5 Å². The van der Waals surface area contributed by atoms with E-state index in [0.717, 1.165) is 209 Å². The van der Waals surface area contributed by atoms with Gasteiger partial charge >= 0.3 is 0 Å². The van der Waals surface area contributed by atoms with E-state index in [4.69, 9.17) is 49.1 Å². The van der Waals surface area contributed by atoms with Crippen molar-refractivity contribution in [2.75, 3.05) is 0 Å². The van der Waals surface area contributed by atoms with Gasteiger partial charge in [-0.2, -0.15) is 0 Å². The van der Waals surface area contributed by atoms with Crippen LogP contribution in [0.3, 0.4) is 0 Å². The van der Waals surface area contributed by atoms with E-state index in [1.165, 1.54) is 88.4 Å². The van der Waals surface area contributed by atoms with Gasteiger partial charge in [-0.1, -0.05) is 239 Å². The number of benzene rings is 16. The van der Waals surface area contributed by atoms with Gasteiger partial charge in [-0.05, 0) is 233 Å². The minimum Gasteiger partial charge on any atom is -0.433 e. The third-order valence-electron chi connectivity index (χ3n) is 27.2. The molecule has 0 saturated carbocycles. The normalized spacial score (nSPS) is 12.1. The van der Waals surface area contributed by atoms with E-state index in [1.807, 2.05) is 108 Å². The maximum atomic E-state index is 6.55. The Kier molecular flexibility index (Phi) is 19.2. The fourth-order valence-electron chi connectivity index (χ4n) is 20.4. The topological polar surface area (TPSA) is 183 Å². The van der Waals surface area contributed by atoms with Crippen LogP contribution in [0.1, 0.15) is 0 Å². The van der Waals surface area contributed by atoms with Gasteiger partial charge in [0.15, 0.2) is 44.6 Å². The molecule has 21 nitrogen and oxygen atoms in total. The van der Waals surface area contributed by atoms with Crippen molar-refractivity contribution in [1.82, 2.24) is 84.5 Å². The molecule has 147 heavy (non-hydrogen) atoms. The molecule has 34 aromatic rings. The number of imidazole rings is 9. The minimum atomic E-state index is 0.736. The average molecular weight is 2060 g/mol. The number of nitrogens with zero attached hydrogens (tertiary/aromatic N) is 18. The summed E-state index contributed by atoms with van der Waals surface area (Å²) in [5, 5.41) is 21.3. The van der Waals surface area contributed by atoms with E-state index in [1.54, 1.807) is 79.4 Å². The summed E-state index contributed by atoms with van der Waals surface area (Å²) in [6.45, 7) is 0. The van der Waals surface area contributed by atoms with Crippen molar-refractivity contribution >= 4 is 278 Å². The van der Waals surface area contributed by atoms with E-state index in [9.17, 15) is 0 Å². The fraction of sp³-hybridized carbons (Fsp3) is 0. The lowest BCUT2D eigenvalue weighted by molar-refractivity contribution is 0.442. The van der Waals surface area contributed by atoms with E-state index < -0.39 is 0 Å². The molecular formula is C117H66N18O3S9. The molecule has 0 fully saturated rings. The summed E-state index contributed by atoms with van der Waals surface area (Å²) in [4.78, 5) is 51.3. The summed E-state index contributed by atoms with van der Waals surface area (Å²) in [5.41, 5.74) is 32.8. The quantitative estimate of drug-likeness (QED) is 0.106. The molecule has 16 aromatic carbocycles. The van der Waals surface area contributed by atoms with Gasteiger partial charge in [0.1, 0.15) is 0 Å². The highest BCUT2D eigenvalue weighted by Gasteiger charge is 2.24. The first-order chi connectivity index (χ1) is 72.7. The Morgan fingerprint density at radius 1 is 0.177 bits per heavy atom. The van der Waals surface area contributed by atoms with Crippen molar-refractivity contribution in [3.63, 3.8) is 0 Å². The molecule has 0 atom stereocenters. The molecular weight excluding hydrogens is 1990 g/mol. The summed E-state index contributed by atoms with van der Waals surface area (Å²) in [6, 6.07) is 116. The molecule has 18 heterocycles. The van der Waals surface area contributed by atoms with Crippen LogP contribution < -0.4 is 14.2 Å². The number of ether oxygens (including phenoxy) is 3. The van der Waals surface area contributed by atoms with Crippen LogP contribution in [0.4, 0.5) is 0 Å². The first-order valence-corrected chi connectivity index (χ1v) is 54.9. The van der Waals surface area contributed by atoms with Gasteiger partial charge < -0.3 is 14.2 Å². The molecule has 0 N–H and O–H groups in total. The molecule has 0 radical (unpaired) electrons. The number of para-hydroxylation sites is 8. The van der Waals surface area contributed by atoms with Crippen LogP contribution in [0.5, 0.6) is 32.0 Å². The van der Waals surface area contributed by atoms with Crippen LogP contribution >= 0.6 is 102 Å². The molecule has 0 spiro atoms. The monoisotopic (exact) mass is 2060 g/mol. The number of fused-ring (bicyclic) bond motifs is 33. The number of thiazole rings is 9. The minimum absolute atomic E-state index is 0.736. The van der Waals surface area contributed by atoms with Crippen LogP contribution in [0.2, 0.25) is 0 Å². The summed E-state index contributed by atoms with van der Waals surface area (Å²) >= 11 is 14.3. The molecule has 696 valence electrons. The maximum absolute atomic E-state index is 6.55. The lowest BCUT2D eigenvalue weighted by Gasteiger charge is -2.12. The second-order valence-corrected chi connectivity index (χ2v) is 43.9. The Bertz CT molecular complexity index is 11200. The molecule has 0 unspecified atom stereocenters. The first-order valence-electron chi connectivity index (χ1n) is 47.2. The third kappa shape index (κ3) is 14.2. The van der Waals surface area contributed by atoms with Gasteiger partial charge in [-0.25, -0.2) is 44.9 Å². The standard InChI is InChI=1S/2C33H18N6OS3.C33H20N2S.C18H10N4OS2/c1-2-7-26-23(6-1)35-32-38(26)29(17-42-32)40-30-18-43-33-36-25-11-9-22(16-28(25)39(30)33)20-5-3-4-19(14-20)21-8-10-24-27(15-21)37-12-13-41-31(37)34-24;1-2-7-26-23(6-1)35-32-38(26)17-29(42-32)40-30-18-39-28-16-22(9-11-25(28)36-33(39)43-30)20-5-3-4-19(14-20)21-8-10-24-27(15-21)37-12-13-41-31(37)34-24;1-2-10-27-25(8-1)26-9-3-4-11-28(26)30-19-23(12-14-29(27)30)21-6-5-7-22(18-21)24-13-15-31-32(20-24)35-16-17-36-33(35)34-31;1-3-7-13-11(5-1)19-17-21(13)9-15(24-17)23-16-10-22-14-8-4-2-6-12(14)20-18(22)25-16/h2*1-18H;1-20H;1-10H. The van der Waals surface area contributed by atoms with Crippen LogP contribution in [0.15, 0.2) is 398 Å². The average Bonchev–Trinajstić information content (AvgIpc) is 1.42. The Morgan fingerprint density at radius 2 is 0.435 bits per heavy atom. The van der Waals surface area contributed by atoms with Gasteiger partial charge in [-0.15, -0.1) is 56.7 Å². The largest absolute Gasteiger partial charge is 0.433 e. The SMILES string of the molecule is c1cc(-c2ccc3c4ccccc4c4ccccc4c3c2)cc(-c2ccc3nc4sccn4c3c2)c1.c1cc(-c2ccc3nc4sccn4c3c2)cc(-c2ccc3nc4sc(Oc5cn6c(nc7ccccc76)s5)cn4c3c2)c1.c1cc(-c2ccc3nc4sccn4c3c2)cc(-c2ccc3nc4scc(Oc5csc6nc7ccccc7n56)n4c3c2)c1.c1ccc2c(c1)nc1sc(Oc3cn4c(nc5ccccc54)s3)cn12. The zero-order chi connectivity index (χ0) is 96.2. The van der Waals surface area contributed by atoms with E-state index in [2.05, 4.69) is 339 Å². The maximum Gasteiger partial charge on any atom is 0.219 e. The molecule has 0 aliphatic heterocycles. The van der Waals surface area contributed by atoms with Crippen molar-refractivity contribution < 1.29 is 14.2 Å². The zero-order valence-electron chi connectivity index (χ0n) is 76.6. The van der Waals surface area contributed by atoms with Gasteiger partial charge in [-0.3, -0.25) is 39.6 Å². The highest BCUT2D eigenvalue weighted by Crippen LogP contribution is 2.46. The van der Waals surface area contributed by atoms with Crippen molar-refractivity contribution in [2.45, 2.75) is 0 Å². The van der Waals surface area contributed by atoms with Gasteiger partial charge in [0.2, 0.25) is 32.0 Å². The Balaban J connectivity index is 0.0000000903. The predicted octanol–water partition coefficient (Wildman–Crippen LogP) is 33.3. The van der Waals surface area contributed by atoms with Crippen LogP contribution in [0, 0.1) is 0 Å². The second-order valence-electron chi connectivity index (χ2n) is 35.7. The molecule has 34 rings (SSSR count). The second kappa shape index (κ2) is 33.6. The molecule has 0 aliphatic carbocycles. The van der Waals surface area contributed by atoms with E-state index >= 15 is 0 Å². The molecule has 18 aromatic heterocycles. The Morgan fingerprint density at radius 3 is 0.810 bits per heavy atom. The van der Waals surface area contributed by atoms with Gasteiger partial charge in [0, 0.05) is 34.7 Å². The number of hydrogen-bond acceptors (Lipinski definition) is 21. The molecule has 0 aliphatic rings. The first kappa shape index (κ1) is 84.1. The number of hydrogen-bond donors (Lipinski definition) is 0. The summed E-state index contributed by atoms with van der Waals surface area (Å²) in [6.07, 6.45) is 14.3. The number of aromatic nitrogens is 18. The lowest BCUT2D eigenvalue weighted by atomic mass is 9.91. The van der Waals surface area contributed by atoms with Gasteiger partial charge in [0.05, 0.1) is 135 Å². The van der Waals surface area contributed by atoms with Crippen LogP contribution in [-0.2, 0) is 0 Å². The van der Waals surface area contributed by atoms with E-state index in [0.29, 0.717) is 0 Å². The smallest absolute Gasteiger partial charge is 0.219 e. The molecule has 0 bridgehead atoms. The highest BCUT2D eigenvalue weighted by atomic mass is 32.1. The van der Waals surface area contributed by atoms with E-state index in [-0.39, 0.29) is 0 Å². The highest BCUT2D eigenvalue weighted by molar-refractivity contribution is 7.21. The summed E-state index contributed by atoms with van der Waals surface area (Å²) < 4.78 is 37.9.